The Morgan fingerprint density at radius 3 is 2.33 bits per heavy atom. The predicted octanol–water partition coefficient (Wildman–Crippen LogP) is 1.70. The summed E-state index contributed by atoms with van der Waals surface area (Å²) in [4.78, 5) is 24.4. The molecule has 1 unspecified atom stereocenters. The van der Waals surface area contributed by atoms with Crippen molar-refractivity contribution >= 4 is 28.0 Å². The molecule has 0 heterocycles. The van der Waals surface area contributed by atoms with Crippen LogP contribution in [0, 0.1) is 5.41 Å². The number of rotatable bonds is 10. The smallest absolute Gasteiger partial charge is 0.408 e. The summed E-state index contributed by atoms with van der Waals surface area (Å²) in [6.45, 7) is 8.96. The first-order valence-electron chi connectivity index (χ1n) is 10.5. The molecule has 33 heavy (non-hydrogen) atoms. The van der Waals surface area contributed by atoms with E-state index in [2.05, 4.69) is 20.7 Å². The summed E-state index contributed by atoms with van der Waals surface area (Å²) >= 11 is 0. The molecular weight excluding hydrogens is 450 g/mol. The van der Waals surface area contributed by atoms with Gasteiger partial charge in [-0.1, -0.05) is 12.1 Å². The van der Waals surface area contributed by atoms with Crippen molar-refractivity contribution in [3.05, 3.63) is 24.3 Å². The summed E-state index contributed by atoms with van der Waals surface area (Å²) in [5.74, 6) is -0.628. The van der Waals surface area contributed by atoms with Crippen LogP contribution in [-0.4, -0.2) is 57.7 Å². The number of hydrogen-bond acceptors (Lipinski definition) is 7. The number of carbonyl (C=O) groups is 2. The number of alkyl carbamates (subject to hydrolysis) is 1. The highest BCUT2D eigenvalue weighted by Gasteiger charge is 2.25. The van der Waals surface area contributed by atoms with Gasteiger partial charge in [-0.3, -0.25) is 10.2 Å². The zero-order valence-electron chi connectivity index (χ0n) is 19.9. The van der Waals surface area contributed by atoms with Crippen LogP contribution in [0.5, 0.6) is 5.75 Å². The fraction of sp³-hybridized carbons (Fsp3) is 0.571. The Morgan fingerprint density at radius 1 is 1.12 bits per heavy atom. The van der Waals surface area contributed by atoms with Gasteiger partial charge in [0.1, 0.15) is 22.3 Å². The first-order chi connectivity index (χ1) is 15.2. The van der Waals surface area contributed by atoms with Gasteiger partial charge in [-0.25, -0.2) is 17.9 Å². The molecule has 1 atom stereocenters. The molecule has 12 heteroatoms. The van der Waals surface area contributed by atoms with Crippen molar-refractivity contribution in [2.75, 3.05) is 13.7 Å². The van der Waals surface area contributed by atoms with E-state index in [1.54, 1.807) is 46.8 Å². The van der Waals surface area contributed by atoms with Crippen molar-refractivity contribution in [3.8, 4) is 5.75 Å². The standard InChI is InChI=1S/C21H35N5O6S/c1-14(2)24-18(27)15(25-20(28)32-21(3,4)5)10-9-13-23-19(22)26-33(29,30)17-12-8-7-11-16(17)31-6/h7-8,11-12,14-15H,9-10,13H2,1-6H3,(H,24,27)(H,25,28)(H3,22,23,26). The van der Waals surface area contributed by atoms with Gasteiger partial charge in [0.25, 0.3) is 10.0 Å². The number of methoxy groups -OCH3 is 1. The van der Waals surface area contributed by atoms with Crippen molar-refractivity contribution in [2.24, 2.45) is 0 Å². The Kier molecular flexibility index (Phi) is 10.4. The minimum Gasteiger partial charge on any atom is -0.495 e. The number of carbonyl (C=O) groups excluding carboxylic acids is 2. The molecule has 0 saturated heterocycles. The third kappa shape index (κ3) is 10.4. The largest absolute Gasteiger partial charge is 0.495 e. The third-order valence-electron chi connectivity index (χ3n) is 4.00. The van der Waals surface area contributed by atoms with Crippen molar-refractivity contribution in [1.29, 1.82) is 5.41 Å². The molecular formula is C21H35N5O6S. The van der Waals surface area contributed by atoms with Crippen molar-refractivity contribution in [3.63, 3.8) is 0 Å². The Morgan fingerprint density at radius 2 is 1.76 bits per heavy atom. The summed E-state index contributed by atoms with van der Waals surface area (Å²) in [5.41, 5.74) is -0.710. The van der Waals surface area contributed by atoms with Crippen LogP contribution in [0.15, 0.2) is 29.2 Å². The molecule has 186 valence electrons. The van der Waals surface area contributed by atoms with Crippen molar-refractivity contribution in [1.82, 2.24) is 20.7 Å². The molecule has 0 aliphatic carbocycles. The first kappa shape index (κ1) is 28.0. The van der Waals surface area contributed by atoms with Crippen LogP contribution >= 0.6 is 0 Å². The van der Waals surface area contributed by atoms with Crippen LogP contribution in [-0.2, 0) is 19.6 Å². The Labute approximate surface area is 195 Å². The summed E-state index contributed by atoms with van der Waals surface area (Å²) in [6, 6.07) is 5.10. The molecule has 1 rings (SSSR count). The van der Waals surface area contributed by atoms with E-state index in [1.807, 2.05) is 0 Å². The van der Waals surface area contributed by atoms with Crippen LogP contribution in [0.3, 0.4) is 0 Å². The number of nitrogens with one attached hydrogen (secondary N) is 5. The van der Waals surface area contributed by atoms with E-state index in [-0.39, 0.29) is 35.6 Å². The van der Waals surface area contributed by atoms with Crippen LogP contribution in [0.1, 0.15) is 47.5 Å². The maximum atomic E-state index is 12.5. The molecule has 11 nitrogen and oxygen atoms in total. The lowest BCUT2D eigenvalue weighted by molar-refractivity contribution is -0.123. The maximum absolute atomic E-state index is 12.5. The molecule has 0 aliphatic heterocycles. The molecule has 2 amide bonds. The molecule has 0 saturated carbocycles. The SMILES string of the molecule is COc1ccccc1S(=O)(=O)NC(=N)NCCCC(NC(=O)OC(C)(C)C)C(=O)NC(C)C. The molecule has 1 aromatic carbocycles. The minimum absolute atomic E-state index is 0.0916. The minimum atomic E-state index is -4.02. The average molecular weight is 486 g/mol. The van der Waals surface area contributed by atoms with E-state index < -0.39 is 33.7 Å². The highest BCUT2D eigenvalue weighted by Crippen LogP contribution is 2.22. The third-order valence-corrected chi connectivity index (χ3v) is 5.39. The molecule has 0 radical (unpaired) electrons. The number of guanidine groups is 1. The van der Waals surface area contributed by atoms with Gasteiger partial charge < -0.3 is 25.4 Å². The predicted molar refractivity (Wildman–Crippen MR) is 125 cm³/mol. The Hall–Kier alpha value is -3.02. The van der Waals surface area contributed by atoms with E-state index in [0.29, 0.717) is 6.42 Å². The Bertz CT molecular complexity index is 927. The average Bonchev–Trinajstić information content (AvgIpc) is 2.67. The zero-order valence-corrected chi connectivity index (χ0v) is 20.8. The van der Waals surface area contributed by atoms with E-state index in [9.17, 15) is 18.0 Å². The second kappa shape index (κ2) is 12.3. The first-order valence-corrected chi connectivity index (χ1v) is 12.0. The van der Waals surface area contributed by atoms with Gasteiger partial charge >= 0.3 is 6.09 Å². The van der Waals surface area contributed by atoms with Gasteiger partial charge in [0.2, 0.25) is 11.9 Å². The second-order valence-corrected chi connectivity index (χ2v) is 10.2. The van der Waals surface area contributed by atoms with Gasteiger partial charge in [0.05, 0.1) is 7.11 Å². The second-order valence-electron chi connectivity index (χ2n) is 8.56. The van der Waals surface area contributed by atoms with Crippen LogP contribution in [0.25, 0.3) is 0 Å². The van der Waals surface area contributed by atoms with E-state index in [0.717, 1.165) is 0 Å². The number of benzene rings is 1. The summed E-state index contributed by atoms with van der Waals surface area (Å²) < 4.78 is 37.4. The van der Waals surface area contributed by atoms with Gasteiger partial charge in [0, 0.05) is 12.6 Å². The fourth-order valence-corrected chi connectivity index (χ4v) is 3.81. The van der Waals surface area contributed by atoms with Crippen LogP contribution < -0.4 is 25.4 Å². The van der Waals surface area contributed by atoms with E-state index in [1.165, 1.54) is 19.2 Å². The lowest BCUT2D eigenvalue weighted by Crippen LogP contribution is -2.50. The molecule has 0 aliphatic rings. The van der Waals surface area contributed by atoms with Crippen molar-refractivity contribution < 1.29 is 27.5 Å². The molecule has 5 N–H and O–H groups in total. The van der Waals surface area contributed by atoms with Gasteiger partial charge in [-0.2, -0.15) is 0 Å². The van der Waals surface area contributed by atoms with Crippen molar-refractivity contribution in [2.45, 2.75) is 70.0 Å². The number of ether oxygens (including phenoxy) is 2. The Balaban J connectivity index is 2.64. The highest BCUT2D eigenvalue weighted by molar-refractivity contribution is 7.90. The van der Waals surface area contributed by atoms with E-state index >= 15 is 0 Å². The van der Waals surface area contributed by atoms with Gasteiger partial charge in [0.15, 0.2) is 0 Å². The topological polar surface area (TPSA) is 159 Å². The maximum Gasteiger partial charge on any atom is 0.408 e. The highest BCUT2D eigenvalue weighted by atomic mass is 32.2. The fourth-order valence-electron chi connectivity index (χ4n) is 2.69. The van der Waals surface area contributed by atoms with E-state index in [4.69, 9.17) is 14.9 Å². The number of amides is 2. The summed E-state index contributed by atoms with van der Waals surface area (Å²) in [7, 11) is -2.66. The summed E-state index contributed by atoms with van der Waals surface area (Å²) in [5, 5.41) is 15.8. The number of hydrogen-bond donors (Lipinski definition) is 5. The quantitative estimate of drug-likeness (QED) is 0.192. The molecule has 1 aromatic rings. The van der Waals surface area contributed by atoms with Gasteiger partial charge in [-0.05, 0) is 59.6 Å². The van der Waals surface area contributed by atoms with Crippen LogP contribution in [0.2, 0.25) is 0 Å². The molecule has 0 aromatic heterocycles. The number of para-hydroxylation sites is 1. The summed E-state index contributed by atoms with van der Waals surface area (Å²) in [6.07, 6.45) is -0.0982. The monoisotopic (exact) mass is 485 g/mol. The molecule has 0 fully saturated rings. The van der Waals surface area contributed by atoms with Gasteiger partial charge in [-0.15, -0.1) is 0 Å². The molecule has 0 bridgehead atoms. The normalized spacial score (nSPS) is 12.5. The molecule has 0 spiro atoms. The number of sulfonamides is 1. The zero-order chi connectivity index (χ0) is 25.2. The lowest BCUT2D eigenvalue weighted by Gasteiger charge is -2.24. The van der Waals surface area contributed by atoms with Crippen LogP contribution in [0.4, 0.5) is 4.79 Å². The lowest BCUT2D eigenvalue weighted by atomic mass is 10.1.